The van der Waals surface area contributed by atoms with Crippen LogP contribution in [0.15, 0.2) is 35.5 Å². The fourth-order valence-electron chi connectivity index (χ4n) is 1.61. The predicted molar refractivity (Wildman–Crippen MR) is 55.5 cm³/mol. The SMILES string of the molecule is C=C(CC=CC)C1=C(C)C(=O)CC1. The number of Topliss-reactive ketones (excluding diaryl/α,β-unsaturated/α-hetero) is 1. The first kappa shape index (κ1) is 9.97. The number of hydrogen-bond acceptors (Lipinski definition) is 1. The molecule has 0 bridgehead atoms. The Balaban J connectivity index is 2.72. The molecule has 0 saturated heterocycles. The van der Waals surface area contributed by atoms with Crippen LogP contribution in [0.3, 0.4) is 0 Å². The highest BCUT2D eigenvalue weighted by molar-refractivity contribution is 5.99. The van der Waals surface area contributed by atoms with Crippen molar-refractivity contribution in [1.29, 1.82) is 0 Å². The van der Waals surface area contributed by atoms with Gasteiger partial charge in [0.05, 0.1) is 0 Å². The van der Waals surface area contributed by atoms with Crippen LogP contribution in [0, 0.1) is 0 Å². The summed E-state index contributed by atoms with van der Waals surface area (Å²) in [5.41, 5.74) is 3.21. The van der Waals surface area contributed by atoms with Gasteiger partial charge in [0, 0.05) is 6.42 Å². The summed E-state index contributed by atoms with van der Waals surface area (Å²) in [6.07, 6.45) is 6.52. The van der Waals surface area contributed by atoms with Crippen LogP contribution in [-0.2, 0) is 4.79 Å². The molecule has 0 aliphatic heterocycles. The highest BCUT2D eigenvalue weighted by Gasteiger charge is 2.19. The molecule has 70 valence electrons. The van der Waals surface area contributed by atoms with E-state index in [1.54, 1.807) is 0 Å². The van der Waals surface area contributed by atoms with Gasteiger partial charge in [-0.15, -0.1) is 0 Å². The van der Waals surface area contributed by atoms with Crippen LogP contribution < -0.4 is 0 Å². The zero-order valence-corrected chi connectivity index (χ0v) is 8.39. The first-order valence-corrected chi connectivity index (χ1v) is 4.69. The van der Waals surface area contributed by atoms with Crippen molar-refractivity contribution in [2.45, 2.75) is 33.1 Å². The lowest BCUT2D eigenvalue weighted by Crippen LogP contribution is -1.91. The number of rotatable bonds is 3. The van der Waals surface area contributed by atoms with Crippen molar-refractivity contribution in [2.24, 2.45) is 0 Å². The molecule has 0 unspecified atom stereocenters. The number of hydrogen-bond donors (Lipinski definition) is 0. The van der Waals surface area contributed by atoms with E-state index in [4.69, 9.17) is 0 Å². The molecular weight excluding hydrogens is 160 g/mol. The van der Waals surface area contributed by atoms with Crippen molar-refractivity contribution in [2.75, 3.05) is 0 Å². The largest absolute Gasteiger partial charge is 0.295 e. The Bertz CT molecular complexity index is 292. The summed E-state index contributed by atoms with van der Waals surface area (Å²) in [7, 11) is 0. The molecule has 0 aromatic heterocycles. The normalized spacial score (nSPS) is 17.5. The maximum absolute atomic E-state index is 11.2. The second-order valence-electron chi connectivity index (χ2n) is 3.40. The van der Waals surface area contributed by atoms with E-state index in [2.05, 4.69) is 12.7 Å². The van der Waals surface area contributed by atoms with Gasteiger partial charge in [-0.1, -0.05) is 18.7 Å². The molecule has 0 saturated carbocycles. The van der Waals surface area contributed by atoms with E-state index < -0.39 is 0 Å². The Labute approximate surface area is 79.8 Å². The molecule has 13 heavy (non-hydrogen) atoms. The molecule has 0 spiro atoms. The topological polar surface area (TPSA) is 17.1 Å². The first-order chi connectivity index (χ1) is 6.16. The first-order valence-electron chi connectivity index (χ1n) is 4.69. The Morgan fingerprint density at radius 2 is 2.23 bits per heavy atom. The van der Waals surface area contributed by atoms with Crippen LogP contribution in [0.5, 0.6) is 0 Å². The zero-order chi connectivity index (χ0) is 9.84. The fourth-order valence-corrected chi connectivity index (χ4v) is 1.61. The van der Waals surface area contributed by atoms with E-state index in [0.29, 0.717) is 6.42 Å². The number of carbonyl (C=O) groups is 1. The highest BCUT2D eigenvalue weighted by atomic mass is 16.1. The third-order valence-corrected chi connectivity index (χ3v) is 2.50. The molecule has 0 aromatic carbocycles. The molecule has 1 heteroatoms. The van der Waals surface area contributed by atoms with E-state index in [1.807, 2.05) is 19.9 Å². The smallest absolute Gasteiger partial charge is 0.159 e. The van der Waals surface area contributed by atoms with E-state index >= 15 is 0 Å². The molecule has 0 heterocycles. The van der Waals surface area contributed by atoms with Crippen LogP contribution in [0.25, 0.3) is 0 Å². The van der Waals surface area contributed by atoms with Crippen LogP contribution in [-0.4, -0.2) is 5.78 Å². The molecule has 0 N–H and O–H groups in total. The molecule has 0 atom stereocenters. The fraction of sp³-hybridized carbons (Fsp3) is 0.417. The molecule has 0 radical (unpaired) electrons. The van der Waals surface area contributed by atoms with E-state index in [-0.39, 0.29) is 5.78 Å². The Morgan fingerprint density at radius 3 is 2.69 bits per heavy atom. The van der Waals surface area contributed by atoms with Gasteiger partial charge in [-0.3, -0.25) is 4.79 Å². The lowest BCUT2D eigenvalue weighted by atomic mass is 10.0. The van der Waals surface area contributed by atoms with Crippen molar-refractivity contribution < 1.29 is 4.79 Å². The predicted octanol–water partition coefficient (Wildman–Crippen LogP) is 3.19. The summed E-state index contributed by atoms with van der Waals surface area (Å²) in [6.45, 7) is 7.90. The standard InChI is InChI=1S/C12H16O/c1-4-5-6-9(2)11-7-8-12(13)10(11)3/h4-5H,2,6-8H2,1,3H3. The minimum Gasteiger partial charge on any atom is -0.295 e. The maximum Gasteiger partial charge on any atom is 0.159 e. The van der Waals surface area contributed by atoms with Gasteiger partial charge in [0.15, 0.2) is 5.78 Å². The molecule has 0 fully saturated rings. The molecule has 1 rings (SSSR count). The lowest BCUT2D eigenvalue weighted by molar-refractivity contribution is -0.114. The van der Waals surface area contributed by atoms with Crippen LogP contribution in [0.2, 0.25) is 0 Å². The summed E-state index contributed by atoms with van der Waals surface area (Å²) in [4.78, 5) is 11.2. The van der Waals surface area contributed by atoms with Crippen molar-refractivity contribution >= 4 is 5.78 Å². The van der Waals surface area contributed by atoms with Gasteiger partial charge in [-0.25, -0.2) is 0 Å². The Morgan fingerprint density at radius 1 is 1.54 bits per heavy atom. The van der Waals surface area contributed by atoms with Gasteiger partial charge in [0.25, 0.3) is 0 Å². The highest BCUT2D eigenvalue weighted by Crippen LogP contribution is 2.29. The zero-order valence-electron chi connectivity index (χ0n) is 8.39. The summed E-state index contributed by atoms with van der Waals surface area (Å²) >= 11 is 0. The summed E-state index contributed by atoms with van der Waals surface area (Å²) < 4.78 is 0. The van der Waals surface area contributed by atoms with Gasteiger partial charge in [-0.05, 0) is 43.4 Å². The third-order valence-electron chi connectivity index (χ3n) is 2.50. The molecule has 1 aliphatic rings. The van der Waals surface area contributed by atoms with Crippen LogP contribution in [0.4, 0.5) is 0 Å². The number of ketones is 1. The minimum absolute atomic E-state index is 0.289. The number of carbonyl (C=O) groups excluding carboxylic acids is 1. The summed E-state index contributed by atoms with van der Waals surface area (Å²) in [5.74, 6) is 0.289. The Hall–Kier alpha value is -1.11. The van der Waals surface area contributed by atoms with Gasteiger partial charge in [0.1, 0.15) is 0 Å². The molecule has 0 amide bonds. The van der Waals surface area contributed by atoms with Gasteiger partial charge < -0.3 is 0 Å². The average Bonchev–Trinajstić information content (AvgIpc) is 2.44. The average molecular weight is 176 g/mol. The van der Waals surface area contributed by atoms with Crippen LogP contribution in [0.1, 0.15) is 33.1 Å². The van der Waals surface area contributed by atoms with Gasteiger partial charge in [0.2, 0.25) is 0 Å². The molecule has 0 aromatic rings. The van der Waals surface area contributed by atoms with Gasteiger partial charge in [-0.2, -0.15) is 0 Å². The maximum atomic E-state index is 11.2. The summed E-state index contributed by atoms with van der Waals surface area (Å²) in [6, 6.07) is 0. The molecule has 1 nitrogen and oxygen atoms in total. The van der Waals surface area contributed by atoms with Crippen molar-refractivity contribution in [3.05, 3.63) is 35.5 Å². The van der Waals surface area contributed by atoms with E-state index in [1.165, 1.54) is 5.57 Å². The minimum atomic E-state index is 0.289. The van der Waals surface area contributed by atoms with Crippen molar-refractivity contribution in [3.8, 4) is 0 Å². The van der Waals surface area contributed by atoms with Gasteiger partial charge >= 0.3 is 0 Å². The molecule has 1 aliphatic carbocycles. The monoisotopic (exact) mass is 176 g/mol. The Kier molecular flexibility index (Phi) is 3.24. The number of allylic oxidation sites excluding steroid dienone is 5. The second-order valence-corrected chi connectivity index (χ2v) is 3.40. The third kappa shape index (κ3) is 2.18. The second kappa shape index (κ2) is 4.22. The van der Waals surface area contributed by atoms with Crippen molar-refractivity contribution in [3.63, 3.8) is 0 Å². The quantitative estimate of drug-likeness (QED) is 0.603. The van der Waals surface area contributed by atoms with Crippen LogP contribution >= 0.6 is 0 Å². The lowest BCUT2D eigenvalue weighted by Gasteiger charge is -2.03. The molecular formula is C12H16O. The van der Waals surface area contributed by atoms with E-state index in [9.17, 15) is 4.79 Å². The van der Waals surface area contributed by atoms with Crippen molar-refractivity contribution in [1.82, 2.24) is 0 Å². The van der Waals surface area contributed by atoms with E-state index in [0.717, 1.165) is 24.0 Å². The summed E-state index contributed by atoms with van der Waals surface area (Å²) in [5, 5.41) is 0.